The molecule has 7 aromatic rings. The molecule has 0 saturated carbocycles. The van der Waals surface area contributed by atoms with Crippen LogP contribution in [0.1, 0.15) is 86.9 Å². The fourth-order valence-electron chi connectivity index (χ4n) is 6.82. The summed E-state index contributed by atoms with van der Waals surface area (Å²) < 4.78 is 29.4. The van der Waals surface area contributed by atoms with E-state index in [0.717, 1.165) is 63.7 Å². The number of primary amides is 1. The van der Waals surface area contributed by atoms with Gasteiger partial charge in [0.2, 0.25) is 11.9 Å². The second kappa shape index (κ2) is 20.0. The van der Waals surface area contributed by atoms with Gasteiger partial charge in [-0.15, -0.1) is 0 Å². The highest BCUT2D eigenvalue weighted by molar-refractivity contribution is 7.99. The zero-order valence-electron chi connectivity index (χ0n) is 35.7. The summed E-state index contributed by atoms with van der Waals surface area (Å²) in [5.41, 5.74) is 12.2. The molecular formula is C41H52FN13O3S3. The third-order valence-electron chi connectivity index (χ3n) is 9.88. The molecule has 0 spiro atoms. The topological polar surface area (TPSA) is 198 Å². The number of rotatable bonds is 7. The lowest BCUT2D eigenvalue weighted by Gasteiger charge is -2.12. The molecule has 324 valence electrons. The van der Waals surface area contributed by atoms with Crippen LogP contribution in [0.3, 0.4) is 0 Å². The van der Waals surface area contributed by atoms with Crippen LogP contribution in [0.5, 0.6) is 0 Å². The summed E-state index contributed by atoms with van der Waals surface area (Å²) in [5.74, 6) is 3.06. The van der Waals surface area contributed by atoms with Crippen molar-refractivity contribution in [3.8, 4) is 0 Å². The summed E-state index contributed by atoms with van der Waals surface area (Å²) in [6.07, 6.45) is 7.69. The van der Waals surface area contributed by atoms with E-state index in [1.54, 1.807) is 42.5 Å². The zero-order valence-corrected chi connectivity index (χ0v) is 38.1. The first kappa shape index (κ1) is 45.2. The molecule has 2 aromatic carbocycles. The molecule has 4 N–H and O–H groups in total. The molecule has 7 heterocycles. The Kier molecular flexibility index (Phi) is 14.8. The third kappa shape index (κ3) is 9.75. The van der Waals surface area contributed by atoms with E-state index in [4.69, 9.17) is 5.73 Å². The van der Waals surface area contributed by atoms with Gasteiger partial charge < -0.3 is 16.4 Å². The minimum absolute atomic E-state index is 0.0323. The number of aromatic nitrogens is 10. The molecular weight excluding hydrogens is 838 g/mol. The Balaban J connectivity index is 0.000000181. The van der Waals surface area contributed by atoms with Crippen LogP contribution < -0.4 is 27.7 Å². The van der Waals surface area contributed by atoms with E-state index in [2.05, 4.69) is 67.0 Å². The molecule has 5 aromatic heterocycles. The van der Waals surface area contributed by atoms with E-state index < -0.39 is 11.7 Å². The number of aryl methyl sites for hydroxylation is 4. The van der Waals surface area contributed by atoms with Crippen LogP contribution in [-0.4, -0.2) is 75.9 Å². The number of nitrogens with two attached hydrogens (primary N) is 1. The number of amides is 1. The molecule has 2 saturated heterocycles. The standard InChI is InChI=1S/C18H19FN6O2S.C17H17N7OS2.2C3H8/c1-9-5-11(15(20)26)12(19)6-13(9)22-17-21-7-14-16(23-17)25(18(27)24(14)2)10-3-4-28-8-10;1-9-5-12-13(22-27-21-12)6-11(9)19-16-18-7-14-15(20-16)24(17(25)23(14)2)10-3-4-26-8-10;2*1-3-2/h5-7,10H,3-4,8H2,1-2H3,(H2,20,26)(H,21,22,23);5-7,10H,3-4,8H2,1-2H3,(H,18,19,20);2*3H2,1-2H3. The van der Waals surface area contributed by atoms with Crippen molar-refractivity contribution in [1.29, 1.82) is 0 Å². The molecule has 0 aliphatic carbocycles. The van der Waals surface area contributed by atoms with Crippen molar-refractivity contribution in [3.63, 3.8) is 0 Å². The summed E-state index contributed by atoms with van der Waals surface area (Å²) in [7, 11) is 3.47. The molecule has 2 unspecified atom stereocenters. The molecule has 61 heavy (non-hydrogen) atoms. The lowest BCUT2D eigenvalue weighted by molar-refractivity contribution is 0.0996. The van der Waals surface area contributed by atoms with Gasteiger partial charge in [-0.3, -0.25) is 23.1 Å². The van der Waals surface area contributed by atoms with Gasteiger partial charge in [0.05, 0.1) is 41.8 Å². The first-order valence-corrected chi connectivity index (χ1v) is 23.3. The Hall–Kier alpha value is -5.34. The quantitative estimate of drug-likeness (QED) is 0.140. The number of carbonyl (C=O) groups is 1. The van der Waals surface area contributed by atoms with E-state index in [1.165, 1.54) is 41.3 Å². The van der Waals surface area contributed by atoms with Crippen LogP contribution in [0.15, 0.2) is 46.2 Å². The first-order chi connectivity index (χ1) is 29.3. The minimum Gasteiger partial charge on any atom is -0.366 e. The summed E-state index contributed by atoms with van der Waals surface area (Å²) in [6.45, 7) is 12.2. The fraction of sp³-hybridized carbons (Fsp3) is 0.439. The maximum atomic E-state index is 14.1. The summed E-state index contributed by atoms with van der Waals surface area (Å²) in [6, 6.07) is 6.80. The van der Waals surface area contributed by atoms with Crippen LogP contribution in [0.2, 0.25) is 0 Å². The van der Waals surface area contributed by atoms with Crippen LogP contribution >= 0.6 is 35.3 Å². The molecule has 2 aliphatic rings. The number of hydrogen-bond donors (Lipinski definition) is 3. The van der Waals surface area contributed by atoms with Crippen molar-refractivity contribution in [2.24, 2.45) is 19.8 Å². The number of imidazole rings is 2. The number of anilines is 4. The monoisotopic (exact) mass is 889 g/mol. The third-order valence-corrected chi connectivity index (χ3v) is 12.7. The van der Waals surface area contributed by atoms with Crippen LogP contribution in [0, 0.1) is 19.7 Å². The highest BCUT2D eigenvalue weighted by Crippen LogP contribution is 2.31. The van der Waals surface area contributed by atoms with Crippen molar-refractivity contribution < 1.29 is 9.18 Å². The largest absolute Gasteiger partial charge is 0.366 e. The lowest BCUT2D eigenvalue weighted by Crippen LogP contribution is -2.26. The Labute approximate surface area is 365 Å². The lowest BCUT2D eigenvalue weighted by atomic mass is 10.1. The molecule has 2 atom stereocenters. The maximum Gasteiger partial charge on any atom is 0.330 e. The van der Waals surface area contributed by atoms with Crippen LogP contribution in [-0.2, 0) is 14.1 Å². The Morgan fingerprint density at radius 1 is 0.754 bits per heavy atom. The molecule has 20 heteroatoms. The van der Waals surface area contributed by atoms with Gasteiger partial charge in [0.15, 0.2) is 11.3 Å². The van der Waals surface area contributed by atoms with Gasteiger partial charge in [-0.25, -0.2) is 23.9 Å². The van der Waals surface area contributed by atoms with Crippen molar-refractivity contribution >= 4 is 97.8 Å². The second-order valence-electron chi connectivity index (χ2n) is 14.9. The van der Waals surface area contributed by atoms with Crippen molar-refractivity contribution in [2.75, 3.05) is 33.6 Å². The van der Waals surface area contributed by atoms with Crippen molar-refractivity contribution in [1.82, 2.24) is 47.0 Å². The van der Waals surface area contributed by atoms with E-state index in [-0.39, 0.29) is 35.0 Å². The summed E-state index contributed by atoms with van der Waals surface area (Å²) >= 11 is 4.88. The average Bonchev–Trinajstić information content (AvgIpc) is 4.09. The van der Waals surface area contributed by atoms with Gasteiger partial charge in [-0.2, -0.15) is 42.2 Å². The van der Waals surface area contributed by atoms with Crippen molar-refractivity contribution in [2.45, 2.75) is 79.3 Å². The minimum atomic E-state index is -0.826. The number of fused-ring (bicyclic) bond motifs is 3. The predicted molar refractivity (Wildman–Crippen MR) is 248 cm³/mol. The smallest absolute Gasteiger partial charge is 0.330 e. The number of halogens is 1. The second-order valence-corrected chi connectivity index (χ2v) is 17.7. The number of nitrogens with one attached hydrogen (secondary N) is 2. The van der Waals surface area contributed by atoms with E-state index >= 15 is 0 Å². The maximum absolute atomic E-state index is 14.1. The molecule has 9 rings (SSSR count). The Bertz CT molecular complexity index is 2780. The predicted octanol–water partition coefficient (Wildman–Crippen LogP) is 7.80. The normalized spacial score (nSPS) is 15.8. The summed E-state index contributed by atoms with van der Waals surface area (Å²) in [5, 5.41) is 6.25. The summed E-state index contributed by atoms with van der Waals surface area (Å²) in [4.78, 5) is 54.6. The Morgan fingerprint density at radius 2 is 1.20 bits per heavy atom. The van der Waals surface area contributed by atoms with Gasteiger partial charge in [0.25, 0.3) is 5.91 Å². The van der Waals surface area contributed by atoms with Gasteiger partial charge in [-0.1, -0.05) is 40.5 Å². The molecule has 0 bridgehead atoms. The van der Waals surface area contributed by atoms with E-state index in [0.29, 0.717) is 34.0 Å². The number of hydrogen-bond acceptors (Lipinski definition) is 14. The van der Waals surface area contributed by atoms with Crippen LogP contribution in [0.25, 0.3) is 33.4 Å². The number of benzene rings is 2. The Morgan fingerprint density at radius 3 is 1.64 bits per heavy atom. The number of thioether (sulfide) groups is 2. The number of carbonyl (C=O) groups excluding carboxylic acids is 1. The molecule has 2 aliphatic heterocycles. The zero-order chi connectivity index (χ0) is 44.0. The highest BCUT2D eigenvalue weighted by Gasteiger charge is 2.26. The average molecular weight is 890 g/mol. The molecule has 16 nitrogen and oxygen atoms in total. The number of nitrogens with zero attached hydrogens (tertiary/aromatic N) is 10. The van der Waals surface area contributed by atoms with Gasteiger partial charge in [-0.05, 0) is 73.6 Å². The van der Waals surface area contributed by atoms with E-state index in [1.807, 2.05) is 47.1 Å². The van der Waals surface area contributed by atoms with Gasteiger partial charge >= 0.3 is 11.4 Å². The molecule has 1 amide bonds. The molecule has 0 radical (unpaired) electrons. The van der Waals surface area contributed by atoms with E-state index in [9.17, 15) is 18.8 Å². The van der Waals surface area contributed by atoms with Gasteiger partial charge in [0.1, 0.15) is 27.9 Å². The highest BCUT2D eigenvalue weighted by atomic mass is 32.2. The van der Waals surface area contributed by atoms with Crippen molar-refractivity contribution in [3.05, 3.63) is 80.1 Å². The first-order valence-electron chi connectivity index (χ1n) is 20.2. The van der Waals surface area contributed by atoms with Gasteiger partial charge in [0, 0.05) is 37.0 Å². The SMILES string of the molecule is CCC.CCC.Cc1cc(C(N)=O)c(F)cc1Nc1ncc2c(n1)n(C1CCSC1)c(=O)n2C.Cc1cc2nsnc2cc1Nc1ncc2c(n1)n(C1CCSC1)c(=O)n2C. The van der Waals surface area contributed by atoms with Crippen LogP contribution in [0.4, 0.5) is 27.7 Å². The fourth-order valence-corrected chi connectivity index (χ4v) is 9.71. The molecule has 2 fully saturated rings.